The number of carbonyl (C=O) groups is 2. The van der Waals surface area contributed by atoms with Crippen LogP contribution in [0.4, 0.5) is 11.6 Å². The van der Waals surface area contributed by atoms with Gasteiger partial charge in [0.15, 0.2) is 5.69 Å². The molecular formula is C21H21ClN6O2. The minimum atomic E-state index is -0.355. The van der Waals surface area contributed by atoms with Gasteiger partial charge in [0, 0.05) is 45.5 Å². The fourth-order valence-electron chi connectivity index (χ4n) is 3.36. The number of amides is 2. The van der Waals surface area contributed by atoms with E-state index in [4.69, 9.17) is 11.6 Å². The number of rotatable bonds is 4. The highest BCUT2D eigenvalue weighted by Gasteiger charge is 2.25. The molecule has 9 heteroatoms. The van der Waals surface area contributed by atoms with E-state index < -0.39 is 0 Å². The molecule has 0 spiro atoms. The van der Waals surface area contributed by atoms with Gasteiger partial charge in [0.2, 0.25) is 0 Å². The van der Waals surface area contributed by atoms with Gasteiger partial charge < -0.3 is 15.1 Å². The SMILES string of the molecule is Cn1nc(C(=O)N2CCN(c3ccccn3)CC2)cc1NC(=O)c1ccccc1Cl. The second-order valence-corrected chi connectivity index (χ2v) is 7.35. The lowest BCUT2D eigenvalue weighted by molar-refractivity contribution is 0.0739. The number of piperazine rings is 1. The van der Waals surface area contributed by atoms with Crippen molar-refractivity contribution in [3.63, 3.8) is 0 Å². The number of nitrogens with zero attached hydrogens (tertiary/aromatic N) is 5. The van der Waals surface area contributed by atoms with Gasteiger partial charge in [-0.2, -0.15) is 5.10 Å². The molecule has 2 aromatic heterocycles. The number of pyridine rings is 1. The monoisotopic (exact) mass is 424 g/mol. The van der Waals surface area contributed by atoms with Crippen molar-refractivity contribution in [2.45, 2.75) is 0 Å². The largest absolute Gasteiger partial charge is 0.353 e. The highest BCUT2D eigenvalue weighted by Crippen LogP contribution is 2.19. The predicted octanol–water partition coefficient (Wildman–Crippen LogP) is 2.68. The van der Waals surface area contributed by atoms with E-state index in [1.54, 1.807) is 48.5 Å². The summed E-state index contributed by atoms with van der Waals surface area (Å²) < 4.78 is 1.48. The zero-order valence-corrected chi connectivity index (χ0v) is 17.2. The summed E-state index contributed by atoms with van der Waals surface area (Å²) >= 11 is 6.09. The lowest BCUT2D eigenvalue weighted by atomic mass is 10.2. The third kappa shape index (κ3) is 4.13. The standard InChI is InChI=1S/C21H21ClN6O2/c1-26-19(24-20(29)15-6-2-3-7-16(15)22)14-17(25-26)21(30)28-12-10-27(11-13-28)18-8-4-5-9-23-18/h2-9,14H,10-13H2,1H3,(H,24,29). The zero-order chi connectivity index (χ0) is 21.1. The Morgan fingerprint density at radius 1 is 1.03 bits per heavy atom. The minimum absolute atomic E-state index is 0.162. The number of anilines is 2. The van der Waals surface area contributed by atoms with Crippen molar-refractivity contribution in [1.29, 1.82) is 0 Å². The average molecular weight is 425 g/mol. The minimum Gasteiger partial charge on any atom is -0.353 e. The van der Waals surface area contributed by atoms with Gasteiger partial charge >= 0.3 is 0 Å². The zero-order valence-electron chi connectivity index (χ0n) is 16.5. The highest BCUT2D eigenvalue weighted by molar-refractivity contribution is 6.34. The normalized spacial score (nSPS) is 13.9. The molecule has 154 valence electrons. The van der Waals surface area contributed by atoms with Gasteiger partial charge in [-0.15, -0.1) is 0 Å². The molecule has 1 aliphatic heterocycles. The molecular weight excluding hydrogens is 404 g/mol. The van der Waals surface area contributed by atoms with Crippen molar-refractivity contribution in [2.75, 3.05) is 36.4 Å². The Labute approximate surface area is 179 Å². The Bertz CT molecular complexity index is 1060. The van der Waals surface area contributed by atoms with Crippen molar-refractivity contribution in [3.05, 3.63) is 71.0 Å². The molecule has 1 aliphatic rings. The summed E-state index contributed by atoms with van der Waals surface area (Å²) in [4.78, 5) is 33.7. The van der Waals surface area contributed by atoms with Crippen LogP contribution in [0.15, 0.2) is 54.7 Å². The van der Waals surface area contributed by atoms with Crippen LogP contribution in [-0.2, 0) is 7.05 Å². The summed E-state index contributed by atoms with van der Waals surface area (Å²) in [6, 6.07) is 14.2. The Morgan fingerprint density at radius 2 is 1.77 bits per heavy atom. The van der Waals surface area contributed by atoms with Crippen LogP contribution in [0.3, 0.4) is 0 Å². The lowest BCUT2D eigenvalue weighted by Gasteiger charge is -2.35. The molecule has 0 radical (unpaired) electrons. The van der Waals surface area contributed by atoms with Gasteiger partial charge in [-0.1, -0.05) is 29.8 Å². The van der Waals surface area contributed by atoms with Crippen LogP contribution in [0, 0.1) is 0 Å². The average Bonchev–Trinajstić information content (AvgIpc) is 3.14. The number of aryl methyl sites for hydroxylation is 1. The van der Waals surface area contributed by atoms with E-state index >= 15 is 0 Å². The van der Waals surface area contributed by atoms with Crippen molar-refractivity contribution < 1.29 is 9.59 Å². The number of nitrogens with one attached hydrogen (secondary N) is 1. The molecule has 0 bridgehead atoms. The number of benzene rings is 1. The molecule has 1 saturated heterocycles. The summed E-state index contributed by atoms with van der Waals surface area (Å²) in [5.74, 6) is 0.818. The van der Waals surface area contributed by atoms with Crippen molar-refractivity contribution in [2.24, 2.45) is 7.05 Å². The van der Waals surface area contributed by atoms with Crippen LogP contribution in [0.5, 0.6) is 0 Å². The van der Waals surface area contributed by atoms with Crippen LogP contribution in [-0.4, -0.2) is 57.7 Å². The van der Waals surface area contributed by atoms with E-state index in [2.05, 4.69) is 20.3 Å². The molecule has 0 atom stereocenters. The van der Waals surface area contributed by atoms with Crippen LogP contribution in [0.2, 0.25) is 5.02 Å². The van der Waals surface area contributed by atoms with E-state index in [1.807, 2.05) is 18.2 Å². The molecule has 0 unspecified atom stereocenters. The first-order valence-corrected chi connectivity index (χ1v) is 9.96. The van der Waals surface area contributed by atoms with Crippen LogP contribution in [0.1, 0.15) is 20.8 Å². The molecule has 0 saturated carbocycles. The van der Waals surface area contributed by atoms with Crippen molar-refractivity contribution in [1.82, 2.24) is 19.7 Å². The molecule has 8 nitrogen and oxygen atoms in total. The maximum Gasteiger partial charge on any atom is 0.274 e. The molecule has 4 rings (SSSR count). The van der Waals surface area contributed by atoms with E-state index in [9.17, 15) is 9.59 Å². The van der Waals surface area contributed by atoms with Crippen molar-refractivity contribution in [3.8, 4) is 0 Å². The number of carbonyl (C=O) groups excluding carboxylic acids is 2. The van der Waals surface area contributed by atoms with E-state index in [1.165, 1.54) is 4.68 Å². The summed E-state index contributed by atoms with van der Waals surface area (Å²) in [5, 5.41) is 7.41. The molecule has 1 fully saturated rings. The molecule has 3 heterocycles. The number of halogens is 1. The summed E-state index contributed by atoms with van der Waals surface area (Å²) in [6.07, 6.45) is 1.76. The molecule has 1 N–H and O–H groups in total. The molecule has 30 heavy (non-hydrogen) atoms. The first kappa shape index (κ1) is 19.9. The topological polar surface area (TPSA) is 83.4 Å². The molecule has 1 aromatic carbocycles. The van der Waals surface area contributed by atoms with E-state index in [0.717, 1.165) is 5.82 Å². The Morgan fingerprint density at radius 3 is 2.47 bits per heavy atom. The molecule has 3 aromatic rings. The quantitative estimate of drug-likeness (QED) is 0.696. The maximum absolute atomic E-state index is 12.9. The van der Waals surface area contributed by atoms with Gasteiger partial charge in [0.05, 0.1) is 10.6 Å². The van der Waals surface area contributed by atoms with Crippen LogP contribution in [0.25, 0.3) is 0 Å². The Balaban J connectivity index is 1.41. The summed E-state index contributed by atoms with van der Waals surface area (Å²) in [7, 11) is 1.68. The Kier molecular flexibility index (Phi) is 5.67. The second kappa shape index (κ2) is 8.54. The van der Waals surface area contributed by atoms with Gasteiger partial charge in [0.1, 0.15) is 11.6 Å². The first-order valence-electron chi connectivity index (χ1n) is 9.58. The van der Waals surface area contributed by atoms with Gasteiger partial charge in [0.25, 0.3) is 11.8 Å². The van der Waals surface area contributed by atoms with Crippen molar-refractivity contribution >= 4 is 35.1 Å². The molecule has 2 amide bonds. The highest BCUT2D eigenvalue weighted by atomic mass is 35.5. The Hall–Kier alpha value is -3.39. The lowest BCUT2D eigenvalue weighted by Crippen LogP contribution is -2.49. The number of hydrogen-bond donors (Lipinski definition) is 1. The summed E-state index contributed by atoms with van der Waals surface area (Å²) in [6.45, 7) is 2.55. The maximum atomic E-state index is 12.9. The summed E-state index contributed by atoms with van der Waals surface area (Å²) in [5.41, 5.74) is 0.650. The van der Waals surface area contributed by atoms with Gasteiger partial charge in [-0.25, -0.2) is 4.98 Å². The van der Waals surface area contributed by atoms with E-state index in [0.29, 0.717) is 48.3 Å². The van der Waals surface area contributed by atoms with Crippen LogP contribution < -0.4 is 10.2 Å². The number of aromatic nitrogens is 3. The van der Waals surface area contributed by atoms with Gasteiger partial charge in [-0.3, -0.25) is 14.3 Å². The fourth-order valence-corrected chi connectivity index (χ4v) is 3.58. The molecule has 0 aliphatic carbocycles. The van der Waals surface area contributed by atoms with E-state index in [-0.39, 0.29) is 11.8 Å². The number of hydrogen-bond acceptors (Lipinski definition) is 5. The first-order chi connectivity index (χ1) is 14.5. The van der Waals surface area contributed by atoms with Crippen LogP contribution >= 0.6 is 11.6 Å². The third-order valence-electron chi connectivity index (χ3n) is 5.00. The third-order valence-corrected chi connectivity index (χ3v) is 5.33. The second-order valence-electron chi connectivity index (χ2n) is 6.94. The van der Waals surface area contributed by atoms with Gasteiger partial charge in [-0.05, 0) is 24.3 Å². The smallest absolute Gasteiger partial charge is 0.274 e. The fraction of sp³-hybridized carbons (Fsp3) is 0.238. The predicted molar refractivity (Wildman–Crippen MR) is 115 cm³/mol.